The van der Waals surface area contributed by atoms with Crippen LogP contribution in [0.15, 0.2) is 66.2 Å². The summed E-state index contributed by atoms with van der Waals surface area (Å²) in [4.78, 5) is 12.4. The Morgan fingerprint density at radius 1 is 0.935 bits per heavy atom. The summed E-state index contributed by atoms with van der Waals surface area (Å²) in [6.07, 6.45) is 1.47. The number of hydrogen-bond donors (Lipinski definition) is 1. The third kappa shape index (κ3) is 6.40. The summed E-state index contributed by atoms with van der Waals surface area (Å²) in [7, 11) is 0. The summed E-state index contributed by atoms with van der Waals surface area (Å²) in [6, 6.07) is 18.7. The first-order chi connectivity index (χ1) is 14.9. The molecule has 0 aromatic heterocycles. The van der Waals surface area contributed by atoms with Gasteiger partial charge in [-0.1, -0.05) is 64.6 Å². The number of carbonyl (C=O) groups is 1. The van der Waals surface area contributed by atoms with Gasteiger partial charge in [-0.2, -0.15) is 5.26 Å². The average Bonchev–Trinajstić information content (AvgIpc) is 2.74. The van der Waals surface area contributed by atoms with Gasteiger partial charge in [-0.05, 0) is 54.1 Å². The molecular weight excluding hydrogens is 478 g/mol. The van der Waals surface area contributed by atoms with E-state index in [1.807, 2.05) is 6.07 Å². The van der Waals surface area contributed by atoms with Crippen molar-refractivity contribution in [1.82, 2.24) is 0 Å². The number of nitrogens with one attached hydrogen (secondary N) is 1. The molecule has 0 aliphatic heterocycles. The number of amides is 1. The molecule has 0 atom stereocenters. The Morgan fingerprint density at radius 2 is 1.61 bits per heavy atom. The van der Waals surface area contributed by atoms with Crippen molar-refractivity contribution >= 4 is 64.1 Å². The van der Waals surface area contributed by atoms with E-state index < -0.39 is 5.91 Å². The van der Waals surface area contributed by atoms with Crippen molar-refractivity contribution in [2.45, 2.75) is 6.61 Å². The number of ether oxygens (including phenoxy) is 1. The van der Waals surface area contributed by atoms with Crippen LogP contribution in [-0.4, -0.2) is 5.91 Å². The smallest absolute Gasteiger partial charge is 0.266 e. The van der Waals surface area contributed by atoms with E-state index in [4.69, 9.17) is 51.1 Å². The molecule has 0 spiro atoms. The molecule has 156 valence electrons. The molecule has 0 aliphatic rings. The zero-order valence-corrected chi connectivity index (χ0v) is 18.9. The van der Waals surface area contributed by atoms with Crippen LogP contribution in [0.3, 0.4) is 0 Å². The molecule has 0 saturated carbocycles. The second-order valence-electron chi connectivity index (χ2n) is 6.34. The highest BCUT2D eigenvalue weighted by Gasteiger charge is 2.12. The first-order valence-corrected chi connectivity index (χ1v) is 10.4. The van der Waals surface area contributed by atoms with E-state index >= 15 is 0 Å². The second kappa shape index (κ2) is 10.6. The standard InChI is InChI=1S/C23H14Cl4N2O2/c24-17-4-3-15(21(27)10-17)13-31-19-6-1-14(2-7-19)9-16(12-28)23(30)29-22-11-18(25)5-8-20(22)26/h1-11H,13H2,(H,29,30)/b16-9+. The number of rotatable bonds is 6. The molecule has 0 heterocycles. The van der Waals surface area contributed by atoms with Crippen LogP contribution < -0.4 is 10.1 Å². The highest BCUT2D eigenvalue weighted by Crippen LogP contribution is 2.26. The van der Waals surface area contributed by atoms with Gasteiger partial charge in [-0.15, -0.1) is 0 Å². The van der Waals surface area contributed by atoms with Crippen LogP contribution in [0.4, 0.5) is 5.69 Å². The molecule has 0 saturated heterocycles. The first kappa shape index (κ1) is 23.0. The largest absolute Gasteiger partial charge is 0.489 e. The summed E-state index contributed by atoms with van der Waals surface area (Å²) in [5.41, 5.74) is 1.70. The van der Waals surface area contributed by atoms with E-state index in [9.17, 15) is 10.1 Å². The van der Waals surface area contributed by atoms with E-state index in [1.54, 1.807) is 54.6 Å². The average molecular weight is 492 g/mol. The van der Waals surface area contributed by atoms with Crippen LogP contribution in [0.1, 0.15) is 11.1 Å². The molecule has 3 aromatic rings. The van der Waals surface area contributed by atoms with E-state index in [1.165, 1.54) is 12.1 Å². The lowest BCUT2D eigenvalue weighted by molar-refractivity contribution is -0.112. The van der Waals surface area contributed by atoms with Crippen molar-refractivity contribution in [3.05, 3.63) is 97.5 Å². The summed E-state index contributed by atoms with van der Waals surface area (Å²) in [5.74, 6) is 0.0150. The molecule has 1 amide bonds. The summed E-state index contributed by atoms with van der Waals surface area (Å²) < 4.78 is 5.73. The lowest BCUT2D eigenvalue weighted by Gasteiger charge is -2.09. The number of hydrogen-bond acceptors (Lipinski definition) is 3. The SMILES string of the molecule is N#C/C(=C\c1ccc(OCc2ccc(Cl)cc2Cl)cc1)C(=O)Nc1cc(Cl)ccc1Cl. The number of nitrogens with zero attached hydrogens (tertiary/aromatic N) is 1. The zero-order valence-electron chi connectivity index (χ0n) is 15.8. The van der Waals surface area contributed by atoms with Crippen molar-refractivity contribution in [3.8, 4) is 11.8 Å². The Bertz CT molecular complexity index is 1190. The van der Waals surface area contributed by atoms with E-state index in [-0.39, 0.29) is 12.2 Å². The van der Waals surface area contributed by atoms with Crippen LogP contribution >= 0.6 is 46.4 Å². The van der Waals surface area contributed by atoms with Crippen molar-refractivity contribution < 1.29 is 9.53 Å². The molecule has 0 aliphatic carbocycles. The Morgan fingerprint density at radius 3 is 2.29 bits per heavy atom. The molecule has 3 aromatic carbocycles. The Labute approximate surface area is 199 Å². The minimum absolute atomic E-state index is 0.0855. The minimum Gasteiger partial charge on any atom is -0.489 e. The molecule has 0 fully saturated rings. The predicted molar refractivity (Wildman–Crippen MR) is 126 cm³/mol. The van der Waals surface area contributed by atoms with Gasteiger partial charge in [0.15, 0.2) is 0 Å². The van der Waals surface area contributed by atoms with Crippen LogP contribution in [0.2, 0.25) is 20.1 Å². The number of anilines is 1. The van der Waals surface area contributed by atoms with Crippen molar-refractivity contribution in [2.75, 3.05) is 5.32 Å². The quantitative estimate of drug-likeness (QED) is 0.288. The molecule has 0 bridgehead atoms. The summed E-state index contributed by atoms with van der Waals surface area (Å²) in [5, 5.41) is 13.8. The van der Waals surface area contributed by atoms with Crippen molar-refractivity contribution in [2.24, 2.45) is 0 Å². The molecule has 31 heavy (non-hydrogen) atoms. The molecule has 1 N–H and O–H groups in total. The lowest BCUT2D eigenvalue weighted by atomic mass is 10.1. The van der Waals surface area contributed by atoms with Gasteiger partial charge in [0.05, 0.1) is 10.7 Å². The van der Waals surface area contributed by atoms with Gasteiger partial charge in [0, 0.05) is 20.6 Å². The second-order valence-corrected chi connectivity index (χ2v) is 8.03. The lowest BCUT2D eigenvalue weighted by Crippen LogP contribution is -2.13. The van der Waals surface area contributed by atoms with Gasteiger partial charge in [0.25, 0.3) is 5.91 Å². The maximum absolute atomic E-state index is 12.4. The summed E-state index contributed by atoms with van der Waals surface area (Å²) in [6.45, 7) is 0.275. The Balaban J connectivity index is 1.68. The molecule has 0 unspecified atom stereocenters. The van der Waals surface area contributed by atoms with Crippen LogP contribution in [0.5, 0.6) is 5.75 Å². The maximum atomic E-state index is 12.4. The van der Waals surface area contributed by atoms with Gasteiger partial charge < -0.3 is 10.1 Å². The van der Waals surface area contributed by atoms with E-state index in [0.717, 1.165) is 5.56 Å². The maximum Gasteiger partial charge on any atom is 0.266 e. The predicted octanol–water partition coefficient (Wildman–Crippen LogP) is 7.42. The molecular formula is C23H14Cl4N2O2. The fourth-order valence-corrected chi connectivity index (χ4v) is 3.36. The van der Waals surface area contributed by atoms with Crippen LogP contribution in [0, 0.1) is 11.3 Å². The molecule has 8 heteroatoms. The Kier molecular flexibility index (Phi) is 7.84. The molecule has 0 radical (unpaired) electrons. The zero-order chi connectivity index (χ0) is 22.4. The van der Waals surface area contributed by atoms with Crippen LogP contribution in [0.25, 0.3) is 6.08 Å². The third-order valence-electron chi connectivity index (χ3n) is 4.14. The van der Waals surface area contributed by atoms with E-state index in [2.05, 4.69) is 5.32 Å². The highest BCUT2D eigenvalue weighted by molar-refractivity contribution is 6.36. The van der Waals surface area contributed by atoms with Gasteiger partial charge >= 0.3 is 0 Å². The van der Waals surface area contributed by atoms with Gasteiger partial charge in [0.1, 0.15) is 24.0 Å². The first-order valence-electron chi connectivity index (χ1n) is 8.90. The molecule has 3 rings (SSSR count). The molecule has 4 nitrogen and oxygen atoms in total. The van der Waals surface area contributed by atoms with Crippen molar-refractivity contribution in [1.29, 1.82) is 5.26 Å². The fourth-order valence-electron chi connectivity index (χ4n) is 2.56. The van der Waals surface area contributed by atoms with Gasteiger partial charge in [-0.3, -0.25) is 4.79 Å². The minimum atomic E-state index is -0.593. The van der Waals surface area contributed by atoms with Gasteiger partial charge in [-0.25, -0.2) is 0 Å². The number of halogens is 4. The van der Waals surface area contributed by atoms with E-state index in [0.29, 0.717) is 37.1 Å². The fraction of sp³-hybridized carbons (Fsp3) is 0.0435. The third-order valence-corrected chi connectivity index (χ3v) is 5.29. The highest BCUT2D eigenvalue weighted by atomic mass is 35.5. The normalized spacial score (nSPS) is 11.0. The monoisotopic (exact) mass is 490 g/mol. The van der Waals surface area contributed by atoms with Crippen molar-refractivity contribution in [3.63, 3.8) is 0 Å². The van der Waals surface area contributed by atoms with Gasteiger partial charge in [0.2, 0.25) is 0 Å². The summed E-state index contributed by atoms with van der Waals surface area (Å²) >= 11 is 24.0. The Hall–Kier alpha value is -2.68. The number of benzene rings is 3. The number of carbonyl (C=O) groups excluding carboxylic acids is 1. The van der Waals surface area contributed by atoms with Crippen LogP contribution in [-0.2, 0) is 11.4 Å². The topological polar surface area (TPSA) is 62.1 Å². The number of nitriles is 1.